The van der Waals surface area contributed by atoms with Gasteiger partial charge in [0, 0.05) is 25.8 Å². The highest BCUT2D eigenvalue weighted by molar-refractivity contribution is 7.80. The van der Waals surface area contributed by atoms with Crippen molar-refractivity contribution in [3.8, 4) is 0 Å². The topological polar surface area (TPSA) is 40.2 Å². The Morgan fingerprint density at radius 1 is 1.36 bits per heavy atom. The molecule has 1 aliphatic rings. The van der Waals surface area contributed by atoms with Crippen LogP contribution < -0.4 is 10.6 Å². The Labute approximate surface area is 139 Å². The van der Waals surface area contributed by atoms with Crippen molar-refractivity contribution in [1.29, 1.82) is 0 Å². The predicted octanol–water partition coefficient (Wildman–Crippen LogP) is 3.04. The third kappa shape index (κ3) is 5.89. The van der Waals surface area contributed by atoms with Gasteiger partial charge in [-0.1, -0.05) is 13.8 Å². The minimum atomic E-state index is 0.651. The zero-order valence-electron chi connectivity index (χ0n) is 13.9. The number of piperidine rings is 1. The van der Waals surface area contributed by atoms with Gasteiger partial charge in [-0.05, 0) is 68.1 Å². The molecule has 2 N–H and O–H groups in total. The number of rotatable bonds is 5. The Balaban J connectivity index is 1.63. The number of aromatic nitrogens is 1. The molecule has 2 rings (SSSR count). The van der Waals surface area contributed by atoms with E-state index in [2.05, 4.69) is 34.4 Å². The van der Waals surface area contributed by atoms with Crippen molar-refractivity contribution in [2.45, 2.75) is 33.6 Å². The molecule has 1 saturated heterocycles. The van der Waals surface area contributed by atoms with Crippen molar-refractivity contribution in [2.24, 2.45) is 11.8 Å². The maximum atomic E-state index is 5.31. The standard InChI is InChI=1S/C17H28N4S/c1-13-5-7-18-16(10-13)20-17(22)19-6-4-8-21-11-14(2)9-15(3)12-21/h5,7,10,14-15H,4,6,8-9,11-12H2,1-3H3,(H2,18,19,20,22)/t14-,15-/m0/s1. The van der Waals surface area contributed by atoms with Crippen LogP contribution in [-0.4, -0.2) is 41.2 Å². The number of thiocarbonyl (C=S) groups is 1. The van der Waals surface area contributed by atoms with Crippen molar-refractivity contribution in [3.63, 3.8) is 0 Å². The van der Waals surface area contributed by atoms with Gasteiger partial charge >= 0.3 is 0 Å². The van der Waals surface area contributed by atoms with Crippen LogP contribution in [-0.2, 0) is 0 Å². The number of likely N-dealkylation sites (tertiary alicyclic amines) is 1. The summed E-state index contributed by atoms with van der Waals surface area (Å²) in [6, 6.07) is 3.97. The molecule has 0 amide bonds. The van der Waals surface area contributed by atoms with Gasteiger partial charge in [-0.15, -0.1) is 0 Å². The average Bonchev–Trinajstić information content (AvgIpc) is 2.42. The number of nitrogens with zero attached hydrogens (tertiary/aromatic N) is 2. The van der Waals surface area contributed by atoms with Crippen LogP contribution in [0.4, 0.5) is 5.82 Å². The molecule has 1 aromatic rings. The van der Waals surface area contributed by atoms with E-state index in [4.69, 9.17) is 12.2 Å². The van der Waals surface area contributed by atoms with Crippen molar-refractivity contribution in [3.05, 3.63) is 23.9 Å². The van der Waals surface area contributed by atoms with Crippen LogP contribution >= 0.6 is 12.2 Å². The lowest BCUT2D eigenvalue weighted by atomic mass is 9.92. The summed E-state index contributed by atoms with van der Waals surface area (Å²) in [5.41, 5.74) is 1.17. The highest BCUT2D eigenvalue weighted by Crippen LogP contribution is 2.20. The lowest BCUT2D eigenvalue weighted by molar-refractivity contribution is 0.140. The summed E-state index contributed by atoms with van der Waals surface area (Å²) >= 11 is 5.31. The summed E-state index contributed by atoms with van der Waals surface area (Å²) in [4.78, 5) is 6.83. The van der Waals surface area contributed by atoms with E-state index in [0.717, 1.165) is 37.2 Å². The zero-order chi connectivity index (χ0) is 15.9. The first-order chi connectivity index (χ1) is 10.5. The molecule has 0 bridgehead atoms. The Hall–Kier alpha value is -1.20. The number of hydrogen-bond acceptors (Lipinski definition) is 3. The molecule has 1 aliphatic heterocycles. The van der Waals surface area contributed by atoms with Gasteiger partial charge in [-0.25, -0.2) is 4.98 Å². The Kier molecular flexibility index (Phi) is 6.58. The van der Waals surface area contributed by atoms with E-state index in [1.54, 1.807) is 6.20 Å². The van der Waals surface area contributed by atoms with Gasteiger partial charge in [0.1, 0.15) is 5.82 Å². The van der Waals surface area contributed by atoms with Crippen molar-refractivity contribution in [1.82, 2.24) is 15.2 Å². The first-order valence-corrected chi connectivity index (χ1v) is 8.63. The molecule has 5 heteroatoms. The molecule has 2 atom stereocenters. The Morgan fingerprint density at radius 2 is 2.09 bits per heavy atom. The fourth-order valence-corrected chi connectivity index (χ4v) is 3.45. The van der Waals surface area contributed by atoms with Gasteiger partial charge in [0.2, 0.25) is 0 Å². The zero-order valence-corrected chi connectivity index (χ0v) is 14.7. The number of hydrogen-bond donors (Lipinski definition) is 2. The maximum Gasteiger partial charge on any atom is 0.171 e. The fourth-order valence-electron chi connectivity index (χ4n) is 3.24. The summed E-state index contributed by atoms with van der Waals surface area (Å²) in [5.74, 6) is 2.45. The smallest absolute Gasteiger partial charge is 0.171 e. The molecule has 1 fully saturated rings. The Morgan fingerprint density at radius 3 is 2.77 bits per heavy atom. The molecule has 122 valence electrons. The summed E-state index contributed by atoms with van der Waals surface area (Å²) < 4.78 is 0. The molecule has 22 heavy (non-hydrogen) atoms. The fraction of sp³-hybridized carbons (Fsp3) is 0.647. The van der Waals surface area contributed by atoms with E-state index in [0.29, 0.717) is 5.11 Å². The van der Waals surface area contributed by atoms with Crippen molar-refractivity contribution < 1.29 is 0 Å². The molecule has 4 nitrogen and oxygen atoms in total. The first kappa shape index (κ1) is 17.2. The maximum absolute atomic E-state index is 5.31. The molecule has 0 aliphatic carbocycles. The van der Waals surface area contributed by atoms with Gasteiger partial charge in [0.25, 0.3) is 0 Å². The summed E-state index contributed by atoms with van der Waals surface area (Å²) in [6.45, 7) is 11.3. The molecular weight excluding hydrogens is 292 g/mol. The van der Waals surface area contributed by atoms with Crippen molar-refractivity contribution >= 4 is 23.1 Å². The van der Waals surface area contributed by atoms with Crippen molar-refractivity contribution in [2.75, 3.05) is 31.5 Å². The molecular formula is C17H28N4S. The van der Waals surface area contributed by atoms with E-state index in [1.165, 1.54) is 25.1 Å². The van der Waals surface area contributed by atoms with Crippen LogP contribution in [0, 0.1) is 18.8 Å². The van der Waals surface area contributed by atoms with Crippen LogP contribution in [0.1, 0.15) is 32.3 Å². The first-order valence-electron chi connectivity index (χ1n) is 8.23. The van der Waals surface area contributed by atoms with Gasteiger partial charge in [-0.3, -0.25) is 0 Å². The number of pyridine rings is 1. The lowest BCUT2D eigenvalue weighted by Gasteiger charge is -2.34. The molecule has 2 heterocycles. The van der Waals surface area contributed by atoms with Gasteiger partial charge in [0.15, 0.2) is 5.11 Å². The number of nitrogens with one attached hydrogen (secondary N) is 2. The average molecular weight is 321 g/mol. The molecule has 0 aromatic carbocycles. The normalized spacial score (nSPS) is 22.3. The largest absolute Gasteiger partial charge is 0.362 e. The van der Waals surface area contributed by atoms with Gasteiger partial charge < -0.3 is 15.5 Å². The monoisotopic (exact) mass is 320 g/mol. The SMILES string of the molecule is Cc1ccnc(NC(=S)NCCCN2C[C@@H](C)C[C@H](C)C2)c1. The number of aryl methyl sites for hydroxylation is 1. The summed E-state index contributed by atoms with van der Waals surface area (Å²) in [7, 11) is 0. The third-order valence-electron chi connectivity index (χ3n) is 4.04. The van der Waals surface area contributed by atoms with E-state index in [-0.39, 0.29) is 0 Å². The molecule has 0 radical (unpaired) electrons. The lowest BCUT2D eigenvalue weighted by Crippen LogP contribution is -2.40. The second kappa shape index (κ2) is 8.44. The van der Waals surface area contributed by atoms with Gasteiger partial charge in [0.05, 0.1) is 0 Å². The van der Waals surface area contributed by atoms with Gasteiger partial charge in [-0.2, -0.15) is 0 Å². The third-order valence-corrected chi connectivity index (χ3v) is 4.28. The van der Waals surface area contributed by atoms with Crippen LogP contribution in [0.2, 0.25) is 0 Å². The van der Waals surface area contributed by atoms with E-state index in [1.807, 2.05) is 19.1 Å². The second-order valence-electron chi connectivity index (χ2n) is 6.66. The van der Waals surface area contributed by atoms with E-state index < -0.39 is 0 Å². The summed E-state index contributed by atoms with van der Waals surface area (Å²) in [6.07, 6.45) is 4.27. The Bertz CT molecular complexity index is 481. The second-order valence-corrected chi connectivity index (χ2v) is 7.07. The van der Waals surface area contributed by atoms with Crippen LogP contribution in [0.25, 0.3) is 0 Å². The quantitative estimate of drug-likeness (QED) is 0.644. The highest BCUT2D eigenvalue weighted by Gasteiger charge is 2.20. The van der Waals surface area contributed by atoms with E-state index >= 15 is 0 Å². The van der Waals surface area contributed by atoms with E-state index in [9.17, 15) is 0 Å². The van der Waals surface area contributed by atoms with Crippen LogP contribution in [0.3, 0.4) is 0 Å². The highest BCUT2D eigenvalue weighted by atomic mass is 32.1. The number of anilines is 1. The van der Waals surface area contributed by atoms with Crippen LogP contribution in [0.15, 0.2) is 18.3 Å². The minimum Gasteiger partial charge on any atom is -0.362 e. The molecule has 1 aromatic heterocycles. The molecule has 0 unspecified atom stereocenters. The van der Waals surface area contributed by atoms with Crippen LogP contribution in [0.5, 0.6) is 0 Å². The minimum absolute atomic E-state index is 0.651. The summed E-state index contributed by atoms with van der Waals surface area (Å²) in [5, 5.41) is 7.05. The predicted molar refractivity (Wildman–Crippen MR) is 97.2 cm³/mol. The molecule has 0 saturated carbocycles. The molecule has 0 spiro atoms.